The lowest BCUT2D eigenvalue weighted by molar-refractivity contribution is 0.557. The van der Waals surface area contributed by atoms with Crippen LogP contribution in [0.15, 0.2) is 29.2 Å². The fourth-order valence-corrected chi connectivity index (χ4v) is 2.61. The van der Waals surface area contributed by atoms with E-state index in [2.05, 4.69) is 4.72 Å². The summed E-state index contributed by atoms with van der Waals surface area (Å²) in [5, 5.41) is 0.154. The average molecular weight is 263 g/mol. The Bertz CT molecular complexity index is 448. The number of sulfonamides is 1. The van der Waals surface area contributed by atoms with Crippen molar-refractivity contribution >= 4 is 21.8 Å². The van der Waals surface area contributed by atoms with Gasteiger partial charge in [-0.15, -0.1) is 0 Å². The second-order valence-corrected chi connectivity index (χ2v) is 6.34. The number of halogens is 1. The first-order valence-corrected chi connectivity index (χ1v) is 7.51. The van der Waals surface area contributed by atoms with Crippen LogP contribution in [0, 0.1) is 5.82 Å². The first-order valence-electron chi connectivity index (χ1n) is 4.74. The molecule has 0 saturated carbocycles. The maximum atomic E-state index is 13.3. The first kappa shape index (κ1) is 13.5. The Balaban J connectivity index is 2.83. The van der Waals surface area contributed by atoms with E-state index in [1.807, 2.05) is 13.2 Å². The van der Waals surface area contributed by atoms with Crippen molar-refractivity contribution in [2.45, 2.75) is 17.1 Å². The second kappa shape index (κ2) is 5.65. The minimum absolute atomic E-state index is 0.154. The van der Waals surface area contributed by atoms with Gasteiger partial charge in [0.1, 0.15) is 10.7 Å². The summed E-state index contributed by atoms with van der Waals surface area (Å²) in [6.07, 6.45) is 1.89. The van der Waals surface area contributed by atoms with E-state index in [-0.39, 0.29) is 16.7 Å². The molecule has 6 heteroatoms. The molecule has 0 radical (unpaired) electrons. The second-order valence-electron chi connectivity index (χ2n) is 3.33. The molecule has 16 heavy (non-hydrogen) atoms. The standard InChI is InChI=1S/C10H14FNO2S2/c1-8(15-2)7-12-16(13,14)10-6-4-3-5-9(10)11/h3-6,8,12H,7H2,1-2H3. The molecular weight excluding hydrogens is 249 g/mol. The zero-order valence-corrected chi connectivity index (χ0v) is 10.7. The van der Waals surface area contributed by atoms with Crippen LogP contribution in [0.25, 0.3) is 0 Å². The van der Waals surface area contributed by atoms with Gasteiger partial charge in [0, 0.05) is 11.8 Å². The largest absolute Gasteiger partial charge is 0.243 e. The van der Waals surface area contributed by atoms with Crippen LogP contribution in [0.3, 0.4) is 0 Å². The van der Waals surface area contributed by atoms with Gasteiger partial charge in [0.15, 0.2) is 0 Å². The molecule has 1 rings (SSSR count). The van der Waals surface area contributed by atoms with E-state index in [4.69, 9.17) is 0 Å². The lowest BCUT2D eigenvalue weighted by Crippen LogP contribution is -2.30. The van der Waals surface area contributed by atoms with Crippen molar-refractivity contribution in [3.05, 3.63) is 30.1 Å². The lowest BCUT2D eigenvalue weighted by atomic mass is 10.4. The molecule has 0 heterocycles. The third-order valence-electron chi connectivity index (χ3n) is 2.09. The summed E-state index contributed by atoms with van der Waals surface area (Å²) in [5.41, 5.74) is 0. The van der Waals surface area contributed by atoms with Crippen LogP contribution in [0.4, 0.5) is 4.39 Å². The van der Waals surface area contributed by atoms with Gasteiger partial charge in [0.2, 0.25) is 10.0 Å². The fraction of sp³-hybridized carbons (Fsp3) is 0.400. The van der Waals surface area contributed by atoms with Gasteiger partial charge in [0.25, 0.3) is 0 Å². The molecular formula is C10H14FNO2S2. The van der Waals surface area contributed by atoms with Crippen molar-refractivity contribution in [1.29, 1.82) is 0 Å². The van der Waals surface area contributed by atoms with Crippen molar-refractivity contribution < 1.29 is 12.8 Å². The van der Waals surface area contributed by atoms with E-state index in [1.54, 1.807) is 11.8 Å². The Hall–Kier alpha value is -0.590. The molecule has 1 atom stereocenters. The molecule has 1 N–H and O–H groups in total. The topological polar surface area (TPSA) is 46.2 Å². The highest BCUT2D eigenvalue weighted by molar-refractivity contribution is 7.99. The minimum Gasteiger partial charge on any atom is -0.210 e. The predicted molar refractivity (Wildman–Crippen MR) is 64.6 cm³/mol. The van der Waals surface area contributed by atoms with Crippen molar-refractivity contribution in [1.82, 2.24) is 4.72 Å². The first-order chi connectivity index (χ1) is 7.47. The van der Waals surface area contributed by atoms with Crippen molar-refractivity contribution in [2.75, 3.05) is 12.8 Å². The third kappa shape index (κ3) is 3.47. The number of rotatable bonds is 5. The quantitative estimate of drug-likeness (QED) is 0.882. The number of hydrogen-bond donors (Lipinski definition) is 1. The van der Waals surface area contributed by atoms with Crippen LogP contribution in [-0.4, -0.2) is 26.5 Å². The molecule has 0 amide bonds. The van der Waals surface area contributed by atoms with Crippen molar-refractivity contribution in [2.24, 2.45) is 0 Å². The summed E-state index contributed by atoms with van der Waals surface area (Å²) in [4.78, 5) is -0.302. The van der Waals surface area contributed by atoms with Gasteiger partial charge in [-0.25, -0.2) is 17.5 Å². The van der Waals surface area contributed by atoms with Crippen LogP contribution in [0.2, 0.25) is 0 Å². The maximum absolute atomic E-state index is 13.3. The SMILES string of the molecule is CSC(C)CNS(=O)(=O)c1ccccc1F. The van der Waals surface area contributed by atoms with E-state index >= 15 is 0 Å². The summed E-state index contributed by atoms with van der Waals surface area (Å²) in [6.45, 7) is 2.19. The Labute approximate surface area is 99.5 Å². The zero-order valence-electron chi connectivity index (χ0n) is 9.10. The van der Waals surface area contributed by atoms with E-state index < -0.39 is 15.8 Å². The van der Waals surface area contributed by atoms with Crippen molar-refractivity contribution in [3.8, 4) is 0 Å². The average Bonchev–Trinajstić information content (AvgIpc) is 2.26. The van der Waals surface area contributed by atoms with E-state index in [1.165, 1.54) is 18.2 Å². The highest BCUT2D eigenvalue weighted by Gasteiger charge is 2.18. The Morgan fingerprint density at radius 2 is 2.06 bits per heavy atom. The molecule has 1 aromatic rings. The number of benzene rings is 1. The molecule has 1 unspecified atom stereocenters. The van der Waals surface area contributed by atoms with E-state index in [0.29, 0.717) is 0 Å². The Kier molecular flexibility index (Phi) is 4.76. The van der Waals surface area contributed by atoms with E-state index in [9.17, 15) is 12.8 Å². The van der Waals surface area contributed by atoms with E-state index in [0.717, 1.165) is 6.07 Å². The Morgan fingerprint density at radius 1 is 1.44 bits per heavy atom. The van der Waals surface area contributed by atoms with Crippen LogP contribution in [0.5, 0.6) is 0 Å². The smallest absolute Gasteiger partial charge is 0.210 e. The summed E-state index contributed by atoms with van der Waals surface area (Å²) in [6, 6.07) is 5.34. The summed E-state index contributed by atoms with van der Waals surface area (Å²) < 4.78 is 39.1. The summed E-state index contributed by atoms with van der Waals surface area (Å²) >= 11 is 1.54. The van der Waals surface area contributed by atoms with Gasteiger partial charge < -0.3 is 0 Å². The number of thioether (sulfide) groups is 1. The van der Waals surface area contributed by atoms with Gasteiger partial charge in [0.05, 0.1) is 0 Å². The monoisotopic (exact) mass is 263 g/mol. The molecule has 0 bridgehead atoms. The van der Waals surface area contributed by atoms with Crippen LogP contribution in [-0.2, 0) is 10.0 Å². The number of hydrogen-bond acceptors (Lipinski definition) is 3. The van der Waals surface area contributed by atoms with Crippen LogP contribution in [0.1, 0.15) is 6.92 Å². The fourth-order valence-electron chi connectivity index (χ4n) is 1.05. The molecule has 3 nitrogen and oxygen atoms in total. The van der Waals surface area contributed by atoms with Gasteiger partial charge in [-0.1, -0.05) is 19.1 Å². The number of nitrogens with one attached hydrogen (secondary N) is 1. The molecule has 0 saturated heterocycles. The molecule has 1 aromatic carbocycles. The molecule has 0 aliphatic heterocycles. The normalized spacial score (nSPS) is 13.7. The molecule has 90 valence electrons. The zero-order chi connectivity index (χ0) is 12.2. The minimum atomic E-state index is -3.73. The summed E-state index contributed by atoms with van der Waals surface area (Å²) in [7, 11) is -3.73. The lowest BCUT2D eigenvalue weighted by Gasteiger charge is -2.10. The Morgan fingerprint density at radius 3 is 2.62 bits per heavy atom. The van der Waals surface area contributed by atoms with Gasteiger partial charge in [-0.3, -0.25) is 0 Å². The van der Waals surface area contributed by atoms with Gasteiger partial charge >= 0.3 is 0 Å². The molecule has 0 aliphatic carbocycles. The van der Waals surface area contributed by atoms with Crippen LogP contribution >= 0.6 is 11.8 Å². The highest BCUT2D eigenvalue weighted by Crippen LogP contribution is 2.13. The molecule has 0 aromatic heterocycles. The molecule has 0 aliphatic rings. The summed E-state index contributed by atoms with van der Waals surface area (Å²) in [5.74, 6) is -0.730. The third-order valence-corrected chi connectivity index (χ3v) is 4.52. The molecule has 0 fully saturated rings. The van der Waals surface area contributed by atoms with Crippen LogP contribution < -0.4 is 4.72 Å². The van der Waals surface area contributed by atoms with Crippen molar-refractivity contribution in [3.63, 3.8) is 0 Å². The highest BCUT2D eigenvalue weighted by atomic mass is 32.2. The van der Waals surface area contributed by atoms with Gasteiger partial charge in [-0.05, 0) is 18.4 Å². The van der Waals surface area contributed by atoms with Gasteiger partial charge in [-0.2, -0.15) is 11.8 Å². The predicted octanol–water partition coefficient (Wildman–Crippen LogP) is 1.86. The maximum Gasteiger partial charge on any atom is 0.243 e. The molecule has 0 spiro atoms.